The van der Waals surface area contributed by atoms with Crippen LogP contribution in [0, 0.1) is 17.2 Å². The number of nitrogens with zero attached hydrogens (tertiary/aromatic N) is 8. The van der Waals surface area contributed by atoms with Gasteiger partial charge in [-0.1, -0.05) is 45.1 Å². The summed E-state index contributed by atoms with van der Waals surface area (Å²) in [5.41, 5.74) is 1.23. The quantitative estimate of drug-likeness (QED) is 0.0870. The number of aromatic hydroxyl groups is 1. The average Bonchev–Trinajstić information content (AvgIpc) is 3.65. The predicted octanol–water partition coefficient (Wildman–Crippen LogP) is 5.12. The van der Waals surface area contributed by atoms with Gasteiger partial charge < -0.3 is 39.5 Å². The predicted molar refractivity (Wildman–Crippen MR) is 212 cm³/mol. The van der Waals surface area contributed by atoms with Crippen LogP contribution < -0.4 is 10.2 Å². The van der Waals surface area contributed by atoms with E-state index in [1.54, 1.807) is 43.4 Å². The molecule has 4 amide bonds. The fourth-order valence-corrected chi connectivity index (χ4v) is 6.80. The van der Waals surface area contributed by atoms with Crippen molar-refractivity contribution in [3.8, 4) is 11.8 Å². The maximum Gasteiger partial charge on any atom is 0.409 e. The molecule has 0 aliphatic carbocycles. The lowest BCUT2D eigenvalue weighted by molar-refractivity contribution is -0.132. The number of likely N-dealkylation sites (N-methyl/N-ethyl adjacent to an activating group) is 3. The summed E-state index contributed by atoms with van der Waals surface area (Å²) >= 11 is 0. The number of anilines is 2. The molecule has 4 rings (SSSR count). The molecule has 308 valence electrons. The Balaban J connectivity index is 1.23. The standard InChI is InChI=1S/C40H55N9O8/c1-29-16-19-48(36(53)15-18-41)25-33(29)47(4)37-31-17-20-49(38(31)43-27-42-37)39(54)45(2)21-22-46(3)40(55)57-26-30-13-14-34(51)32(24-30)44-35(52)12-10-8-6-5-7-9-11-23-56-28-50/h13-14,17,20,24,27-29,33,51H,5-12,15-16,19,21-23,25-26H2,1-4H3,(H,44,52). The summed E-state index contributed by atoms with van der Waals surface area (Å²) in [6, 6.07) is 7.92. The first kappa shape index (κ1) is 43.8. The van der Waals surface area contributed by atoms with Gasteiger partial charge in [-0.15, -0.1) is 0 Å². The van der Waals surface area contributed by atoms with Crippen LogP contribution in [0.5, 0.6) is 5.75 Å². The number of carbonyl (C=O) groups is 5. The number of ether oxygens (including phenoxy) is 2. The molecule has 0 bridgehead atoms. The van der Waals surface area contributed by atoms with Crippen LogP contribution in [0.15, 0.2) is 36.8 Å². The number of hydrogen-bond donors (Lipinski definition) is 2. The van der Waals surface area contributed by atoms with Crippen molar-refractivity contribution in [3.05, 3.63) is 42.4 Å². The summed E-state index contributed by atoms with van der Waals surface area (Å²) in [7, 11) is 5.10. The van der Waals surface area contributed by atoms with Crippen molar-refractivity contribution in [3.63, 3.8) is 0 Å². The number of phenols is 1. The van der Waals surface area contributed by atoms with Crippen molar-refractivity contribution in [1.29, 1.82) is 5.26 Å². The van der Waals surface area contributed by atoms with E-state index < -0.39 is 6.09 Å². The number of phenolic OH excluding ortho intramolecular Hbond substituents is 1. The van der Waals surface area contributed by atoms with Crippen LogP contribution in [-0.2, 0) is 30.5 Å². The third-order valence-electron chi connectivity index (χ3n) is 10.3. The van der Waals surface area contributed by atoms with Crippen molar-refractivity contribution in [1.82, 2.24) is 29.2 Å². The van der Waals surface area contributed by atoms with Crippen molar-refractivity contribution in [2.45, 2.75) is 83.8 Å². The van der Waals surface area contributed by atoms with Gasteiger partial charge in [-0.25, -0.2) is 19.6 Å². The maximum atomic E-state index is 13.6. The normalized spacial score (nSPS) is 15.0. The Kier molecular flexibility index (Phi) is 16.9. The first-order chi connectivity index (χ1) is 27.4. The highest BCUT2D eigenvalue weighted by Gasteiger charge is 2.33. The van der Waals surface area contributed by atoms with Gasteiger partial charge in [0, 0.05) is 59.9 Å². The molecule has 17 heteroatoms. The van der Waals surface area contributed by atoms with Gasteiger partial charge in [0.2, 0.25) is 11.8 Å². The molecular weight excluding hydrogens is 734 g/mol. The van der Waals surface area contributed by atoms with E-state index in [1.165, 1.54) is 26.8 Å². The van der Waals surface area contributed by atoms with E-state index in [0.717, 1.165) is 51.4 Å². The molecule has 57 heavy (non-hydrogen) atoms. The minimum absolute atomic E-state index is 0.0521. The average molecular weight is 790 g/mol. The van der Waals surface area contributed by atoms with Crippen molar-refractivity contribution < 1.29 is 38.6 Å². The number of nitrogens with one attached hydrogen (secondary N) is 1. The molecule has 2 aromatic heterocycles. The minimum Gasteiger partial charge on any atom is -0.506 e. The summed E-state index contributed by atoms with van der Waals surface area (Å²) < 4.78 is 11.6. The molecule has 1 aliphatic heterocycles. The number of likely N-dealkylation sites (tertiary alicyclic amines) is 1. The molecule has 3 heterocycles. The Morgan fingerprint density at radius 1 is 1.02 bits per heavy atom. The van der Waals surface area contributed by atoms with Crippen LogP contribution in [0.1, 0.15) is 76.7 Å². The van der Waals surface area contributed by atoms with Crippen LogP contribution in [0.2, 0.25) is 0 Å². The largest absolute Gasteiger partial charge is 0.506 e. The summed E-state index contributed by atoms with van der Waals surface area (Å²) in [6.07, 6.45) is 9.95. The summed E-state index contributed by atoms with van der Waals surface area (Å²) in [5, 5.41) is 22.7. The molecule has 0 spiro atoms. The minimum atomic E-state index is -0.611. The molecule has 2 unspecified atom stereocenters. The SMILES string of the molecule is CC1CCN(C(=O)CC#N)CC1N(C)c1ncnc2c1ccn2C(=O)N(C)CCN(C)C(=O)OCc1ccc(O)c(NC(=O)CCCCCCCCCOC=O)c1. The van der Waals surface area contributed by atoms with Gasteiger partial charge in [0.05, 0.1) is 29.8 Å². The van der Waals surface area contributed by atoms with Crippen LogP contribution in [0.4, 0.5) is 21.1 Å². The fraction of sp³-hybridized carbons (Fsp3) is 0.550. The molecule has 3 aromatic rings. The zero-order valence-corrected chi connectivity index (χ0v) is 33.4. The van der Waals surface area contributed by atoms with Gasteiger partial charge in [-0.3, -0.25) is 19.0 Å². The van der Waals surface area contributed by atoms with Crippen molar-refractivity contribution in [2.24, 2.45) is 5.92 Å². The molecule has 1 aromatic carbocycles. The molecule has 2 N–H and O–H groups in total. The van der Waals surface area contributed by atoms with E-state index in [9.17, 15) is 29.1 Å². The molecule has 1 aliphatic rings. The number of amides is 4. The van der Waals surface area contributed by atoms with E-state index in [2.05, 4.69) is 26.9 Å². The Bertz CT molecular complexity index is 1880. The number of aromatic nitrogens is 3. The van der Waals surface area contributed by atoms with Crippen molar-refractivity contribution >= 4 is 52.9 Å². The zero-order valence-electron chi connectivity index (χ0n) is 33.4. The second-order valence-electron chi connectivity index (χ2n) is 14.5. The number of carbonyl (C=O) groups excluding carboxylic acids is 5. The molecule has 1 saturated heterocycles. The third-order valence-corrected chi connectivity index (χ3v) is 10.3. The van der Waals surface area contributed by atoms with E-state index in [4.69, 9.17) is 10.00 Å². The summed E-state index contributed by atoms with van der Waals surface area (Å²) in [6.45, 7) is 4.38. The lowest BCUT2D eigenvalue weighted by Crippen LogP contribution is -2.52. The van der Waals surface area contributed by atoms with Gasteiger partial charge in [-0.2, -0.15) is 5.26 Å². The lowest BCUT2D eigenvalue weighted by Gasteiger charge is -2.42. The highest BCUT2D eigenvalue weighted by atomic mass is 16.6. The van der Waals surface area contributed by atoms with Gasteiger partial charge in [-0.05, 0) is 48.9 Å². The fourth-order valence-electron chi connectivity index (χ4n) is 6.80. The highest BCUT2D eigenvalue weighted by Crippen LogP contribution is 2.30. The topological polar surface area (TPSA) is 204 Å². The third kappa shape index (κ3) is 12.5. The lowest BCUT2D eigenvalue weighted by atomic mass is 9.92. The van der Waals surface area contributed by atoms with E-state index in [0.29, 0.717) is 55.0 Å². The number of unbranched alkanes of at least 4 members (excludes halogenated alkanes) is 6. The zero-order chi connectivity index (χ0) is 41.3. The number of fused-ring (bicyclic) bond motifs is 1. The molecule has 17 nitrogen and oxygen atoms in total. The number of rotatable bonds is 20. The molecular formula is C40H55N9O8. The van der Waals surface area contributed by atoms with Crippen LogP contribution in [-0.4, -0.2) is 125 Å². The Hall–Kier alpha value is -5.92. The maximum absolute atomic E-state index is 13.6. The first-order valence-corrected chi connectivity index (χ1v) is 19.4. The van der Waals surface area contributed by atoms with E-state index in [-0.39, 0.29) is 67.4 Å². The van der Waals surface area contributed by atoms with Crippen molar-refractivity contribution in [2.75, 3.05) is 64.1 Å². The Labute approximate surface area is 333 Å². The molecule has 0 saturated carbocycles. The number of nitriles is 1. The smallest absolute Gasteiger partial charge is 0.409 e. The van der Waals surface area contributed by atoms with Crippen LogP contribution >= 0.6 is 0 Å². The number of hydrogen-bond acceptors (Lipinski definition) is 12. The van der Waals surface area contributed by atoms with E-state index >= 15 is 0 Å². The van der Waals surface area contributed by atoms with Crippen LogP contribution in [0.3, 0.4) is 0 Å². The van der Waals surface area contributed by atoms with E-state index in [1.807, 2.05) is 18.0 Å². The monoisotopic (exact) mass is 789 g/mol. The second-order valence-corrected chi connectivity index (χ2v) is 14.5. The molecule has 1 fully saturated rings. The second kappa shape index (κ2) is 22.0. The van der Waals surface area contributed by atoms with Gasteiger partial charge in [0.15, 0.2) is 5.65 Å². The molecule has 2 atom stereocenters. The Morgan fingerprint density at radius 2 is 1.74 bits per heavy atom. The number of piperidine rings is 1. The highest BCUT2D eigenvalue weighted by molar-refractivity contribution is 5.95. The summed E-state index contributed by atoms with van der Waals surface area (Å²) in [4.78, 5) is 77.1. The van der Waals surface area contributed by atoms with Crippen LogP contribution in [0.25, 0.3) is 11.0 Å². The van der Waals surface area contributed by atoms with Gasteiger partial charge in [0.1, 0.15) is 30.9 Å². The first-order valence-electron chi connectivity index (χ1n) is 19.4. The Morgan fingerprint density at radius 3 is 2.47 bits per heavy atom. The van der Waals surface area contributed by atoms with Gasteiger partial charge >= 0.3 is 12.1 Å². The molecule has 0 radical (unpaired) electrons. The number of benzene rings is 1. The van der Waals surface area contributed by atoms with Gasteiger partial charge in [0.25, 0.3) is 6.47 Å². The summed E-state index contributed by atoms with van der Waals surface area (Å²) in [5.74, 6) is 0.380.